The van der Waals surface area contributed by atoms with Gasteiger partial charge in [0.05, 0.1) is 4.91 Å². The van der Waals surface area contributed by atoms with Crippen LogP contribution in [0, 0.1) is 0 Å². The molecular weight excluding hydrogens is 354 g/mol. The van der Waals surface area contributed by atoms with Crippen molar-refractivity contribution in [2.75, 3.05) is 0 Å². The van der Waals surface area contributed by atoms with Gasteiger partial charge in [0, 0.05) is 5.70 Å². The summed E-state index contributed by atoms with van der Waals surface area (Å²) in [7, 11) is -3.67. The van der Waals surface area contributed by atoms with E-state index in [9.17, 15) is 8.42 Å². The third-order valence-corrected chi connectivity index (χ3v) is 3.22. The van der Waals surface area contributed by atoms with Crippen molar-refractivity contribution in [3.63, 3.8) is 0 Å². The molecule has 0 saturated carbocycles. The molecule has 0 saturated heterocycles. The van der Waals surface area contributed by atoms with E-state index in [2.05, 4.69) is 37.6 Å². The molecule has 156 valence electrons. The molecule has 0 aromatic carbocycles. The van der Waals surface area contributed by atoms with Crippen LogP contribution in [0.1, 0.15) is 48.5 Å². The van der Waals surface area contributed by atoms with Crippen LogP contribution in [-0.4, -0.2) is 8.42 Å². The highest BCUT2D eigenvalue weighted by atomic mass is 32.2. The number of allylic oxidation sites excluding steroid dienone is 9. The normalized spacial score (nSPS) is 9.89. The van der Waals surface area contributed by atoms with Crippen LogP contribution < -0.4 is 4.72 Å². The largest absolute Gasteiger partial charge is 0.280 e. The van der Waals surface area contributed by atoms with Crippen molar-refractivity contribution < 1.29 is 8.42 Å². The topological polar surface area (TPSA) is 46.2 Å². The molecule has 0 aliphatic carbocycles. The molecule has 0 aromatic rings. The molecule has 0 bridgehead atoms. The first-order valence-corrected chi connectivity index (χ1v) is 10.6. The van der Waals surface area contributed by atoms with Crippen LogP contribution in [0.2, 0.25) is 0 Å². The molecule has 0 amide bonds. The van der Waals surface area contributed by atoms with Gasteiger partial charge in [-0.25, -0.2) is 8.42 Å². The highest BCUT2D eigenvalue weighted by Crippen LogP contribution is 2.08. The predicted molar refractivity (Wildman–Crippen MR) is 128 cm³/mol. The van der Waals surface area contributed by atoms with Gasteiger partial charge in [0.1, 0.15) is 0 Å². The highest BCUT2D eigenvalue weighted by molar-refractivity contribution is 7.93. The molecule has 0 aromatic heterocycles. The first kappa shape index (κ1) is 35.7. The Morgan fingerprint density at radius 2 is 1.19 bits per heavy atom. The lowest BCUT2D eigenvalue weighted by molar-refractivity contribution is 0.596. The first-order valence-electron chi connectivity index (χ1n) is 9.10. The summed E-state index contributed by atoms with van der Waals surface area (Å²) in [5.74, 6) is 0. The van der Waals surface area contributed by atoms with Gasteiger partial charge in [0.15, 0.2) is 0 Å². The van der Waals surface area contributed by atoms with Gasteiger partial charge in [-0.05, 0) is 31.2 Å². The van der Waals surface area contributed by atoms with Crippen molar-refractivity contribution >= 4 is 10.0 Å². The number of hydrogen-bond donors (Lipinski definition) is 1. The van der Waals surface area contributed by atoms with Gasteiger partial charge in [-0.3, -0.25) is 4.72 Å². The third-order valence-electron chi connectivity index (χ3n) is 1.79. The van der Waals surface area contributed by atoms with Crippen LogP contribution in [0.25, 0.3) is 0 Å². The van der Waals surface area contributed by atoms with E-state index in [-0.39, 0.29) is 4.91 Å². The molecule has 0 rings (SSSR count). The Bertz CT molecular complexity index is 563. The van der Waals surface area contributed by atoms with Gasteiger partial charge in [-0.1, -0.05) is 98.2 Å². The molecule has 0 atom stereocenters. The van der Waals surface area contributed by atoms with E-state index >= 15 is 0 Å². The minimum atomic E-state index is -3.67. The fraction of sp³-hybridized carbons (Fsp3) is 0.304. The Balaban J connectivity index is -0.000000153. The molecule has 0 spiro atoms. The lowest BCUT2D eigenvalue weighted by Crippen LogP contribution is -2.23. The Labute approximate surface area is 170 Å². The number of sulfonamides is 1. The lowest BCUT2D eigenvalue weighted by Gasteiger charge is -2.08. The SMILES string of the molecule is C=C/C=C\C=C(/C=C)S(=O)(=O)N/C(C=C)=C/C=C.C=CC.CC.CC.CC. The molecular formula is C23H41NO2S. The van der Waals surface area contributed by atoms with Crippen LogP contribution in [-0.2, 0) is 10.0 Å². The van der Waals surface area contributed by atoms with Gasteiger partial charge >= 0.3 is 0 Å². The number of rotatable bonds is 8. The molecule has 0 unspecified atom stereocenters. The molecule has 27 heavy (non-hydrogen) atoms. The van der Waals surface area contributed by atoms with Crippen LogP contribution >= 0.6 is 0 Å². The maximum Gasteiger partial charge on any atom is 0.261 e. The second kappa shape index (κ2) is 31.4. The Morgan fingerprint density at radius 1 is 0.741 bits per heavy atom. The summed E-state index contributed by atoms with van der Waals surface area (Å²) >= 11 is 0. The van der Waals surface area contributed by atoms with Crippen LogP contribution in [0.15, 0.2) is 98.2 Å². The molecule has 0 aliphatic rings. The summed E-state index contributed by atoms with van der Waals surface area (Å²) in [4.78, 5) is 0.0532. The number of hydrogen-bond acceptors (Lipinski definition) is 2. The lowest BCUT2D eigenvalue weighted by atomic mass is 10.4. The van der Waals surface area contributed by atoms with E-state index in [0.717, 1.165) is 0 Å². The maximum atomic E-state index is 12.0. The van der Waals surface area contributed by atoms with Gasteiger partial charge in [-0.2, -0.15) is 0 Å². The van der Waals surface area contributed by atoms with Crippen LogP contribution in [0.5, 0.6) is 0 Å². The number of nitrogens with one attached hydrogen (secondary N) is 1. The van der Waals surface area contributed by atoms with E-state index in [1.807, 2.05) is 48.5 Å². The van der Waals surface area contributed by atoms with Crippen molar-refractivity contribution in [2.45, 2.75) is 48.5 Å². The minimum absolute atomic E-state index is 0.0532. The zero-order valence-electron chi connectivity index (χ0n) is 18.5. The van der Waals surface area contributed by atoms with Crippen molar-refractivity contribution in [1.82, 2.24) is 4.72 Å². The van der Waals surface area contributed by atoms with Crippen LogP contribution in [0.4, 0.5) is 0 Å². The average molecular weight is 396 g/mol. The van der Waals surface area contributed by atoms with Crippen molar-refractivity contribution in [3.8, 4) is 0 Å². The summed E-state index contributed by atoms with van der Waals surface area (Å²) in [6.07, 6.45) is 13.5. The second-order valence-electron chi connectivity index (χ2n) is 3.47. The van der Waals surface area contributed by atoms with Crippen molar-refractivity contribution in [3.05, 3.63) is 98.2 Å². The molecule has 4 heteroatoms. The van der Waals surface area contributed by atoms with E-state index in [0.29, 0.717) is 5.70 Å². The second-order valence-corrected chi connectivity index (χ2v) is 5.15. The molecule has 0 fully saturated rings. The third kappa shape index (κ3) is 26.0. The Morgan fingerprint density at radius 3 is 1.48 bits per heavy atom. The zero-order valence-corrected chi connectivity index (χ0v) is 19.3. The van der Waals surface area contributed by atoms with E-state index < -0.39 is 10.0 Å². The standard InChI is InChI=1S/C14H17NO2S.C3H6.3C2H6/c1-5-9-10-12-14(8-4)18(16,17)15-13(7-3)11-6-2;1-3-2;3*1-2/h5-12,15H,1-4H2;3H,1H2,2H3;3*1-2H3/b10-9-,13-11+,14-12+;;;;. The summed E-state index contributed by atoms with van der Waals surface area (Å²) in [6.45, 7) is 31.2. The zero-order chi connectivity index (χ0) is 22.7. The van der Waals surface area contributed by atoms with Gasteiger partial charge in [0.2, 0.25) is 0 Å². The summed E-state index contributed by atoms with van der Waals surface area (Å²) in [5.41, 5.74) is 0.338. The minimum Gasteiger partial charge on any atom is -0.280 e. The van der Waals surface area contributed by atoms with E-state index in [1.165, 1.54) is 30.4 Å². The monoisotopic (exact) mass is 395 g/mol. The fourth-order valence-corrected chi connectivity index (χ4v) is 2.04. The molecule has 3 nitrogen and oxygen atoms in total. The quantitative estimate of drug-likeness (QED) is 0.347. The van der Waals surface area contributed by atoms with Gasteiger partial charge in [-0.15, -0.1) is 6.58 Å². The fourth-order valence-electron chi connectivity index (χ4n) is 0.981. The molecule has 1 N–H and O–H groups in total. The van der Waals surface area contributed by atoms with Crippen molar-refractivity contribution in [1.29, 1.82) is 0 Å². The summed E-state index contributed by atoms with van der Waals surface area (Å²) in [5, 5.41) is 0. The Hall–Kier alpha value is -2.33. The summed E-state index contributed by atoms with van der Waals surface area (Å²) in [6, 6.07) is 0. The highest BCUT2D eigenvalue weighted by Gasteiger charge is 2.13. The van der Waals surface area contributed by atoms with Crippen LogP contribution in [0.3, 0.4) is 0 Å². The maximum absolute atomic E-state index is 12.0. The van der Waals surface area contributed by atoms with E-state index in [4.69, 9.17) is 0 Å². The summed E-state index contributed by atoms with van der Waals surface area (Å²) < 4.78 is 26.3. The first-order chi connectivity index (χ1) is 12.9. The molecule has 0 heterocycles. The molecule has 0 radical (unpaired) electrons. The average Bonchev–Trinajstić information content (AvgIpc) is 2.70. The van der Waals surface area contributed by atoms with Gasteiger partial charge in [0.25, 0.3) is 10.0 Å². The Kier molecular flexibility index (Phi) is 41.6. The van der Waals surface area contributed by atoms with Gasteiger partial charge < -0.3 is 0 Å². The molecule has 0 aliphatic heterocycles. The smallest absolute Gasteiger partial charge is 0.261 e. The predicted octanol–water partition coefficient (Wildman–Crippen LogP) is 7.24. The van der Waals surface area contributed by atoms with Crippen molar-refractivity contribution in [2.24, 2.45) is 0 Å². The van der Waals surface area contributed by atoms with E-state index in [1.54, 1.807) is 24.3 Å².